The number of aliphatic carboxylic acids is 1. The summed E-state index contributed by atoms with van der Waals surface area (Å²) in [4.78, 5) is 27.3. The summed E-state index contributed by atoms with van der Waals surface area (Å²) in [6.07, 6.45) is 3.36. The van der Waals surface area contributed by atoms with Crippen LogP contribution in [0.5, 0.6) is 0 Å². The van der Waals surface area contributed by atoms with Crippen LogP contribution in [0, 0.1) is 5.92 Å². The number of carbonyl (C=O) groups is 2. The fourth-order valence-corrected chi connectivity index (χ4v) is 3.05. The van der Waals surface area contributed by atoms with E-state index in [0.29, 0.717) is 12.8 Å². The van der Waals surface area contributed by atoms with E-state index >= 15 is 0 Å². The minimum atomic E-state index is -0.890. The predicted molar refractivity (Wildman–Crippen MR) is 105 cm³/mol. The summed E-state index contributed by atoms with van der Waals surface area (Å²) >= 11 is 0. The van der Waals surface area contributed by atoms with E-state index in [-0.39, 0.29) is 11.8 Å². The molecular weight excluding hydrogens is 356 g/mol. The molecular formula is C22H22N2O4. The third kappa shape index (κ3) is 5.07. The second kappa shape index (κ2) is 8.99. The van der Waals surface area contributed by atoms with Crippen LogP contribution in [0.1, 0.15) is 29.5 Å². The Balaban J connectivity index is 1.72. The van der Waals surface area contributed by atoms with Crippen LogP contribution in [0.25, 0.3) is 11.1 Å². The van der Waals surface area contributed by atoms with Crippen molar-refractivity contribution in [2.45, 2.75) is 25.8 Å². The molecule has 0 radical (unpaired) electrons. The number of oxazole rings is 1. The Morgan fingerprint density at radius 1 is 1.07 bits per heavy atom. The normalized spacial score (nSPS) is 12.9. The van der Waals surface area contributed by atoms with Crippen molar-refractivity contribution in [3.8, 4) is 11.1 Å². The monoisotopic (exact) mass is 378 g/mol. The zero-order chi connectivity index (χ0) is 19.9. The van der Waals surface area contributed by atoms with Gasteiger partial charge in [-0.3, -0.25) is 9.59 Å². The topological polar surface area (TPSA) is 92.4 Å². The molecule has 0 saturated carbocycles. The number of rotatable bonds is 8. The summed E-state index contributed by atoms with van der Waals surface area (Å²) in [5.74, 6) is -1.77. The predicted octanol–water partition coefficient (Wildman–Crippen LogP) is 3.79. The highest BCUT2D eigenvalue weighted by Crippen LogP contribution is 2.20. The van der Waals surface area contributed by atoms with Gasteiger partial charge in [0.05, 0.1) is 12.1 Å². The summed E-state index contributed by atoms with van der Waals surface area (Å²) in [6, 6.07) is 17.8. The maximum absolute atomic E-state index is 12.3. The van der Waals surface area contributed by atoms with Crippen LogP contribution in [0.2, 0.25) is 0 Å². The number of amides is 1. The third-order valence-electron chi connectivity index (χ3n) is 4.59. The summed E-state index contributed by atoms with van der Waals surface area (Å²) in [6.45, 7) is 1.63. The van der Waals surface area contributed by atoms with Crippen LogP contribution in [-0.2, 0) is 11.2 Å². The van der Waals surface area contributed by atoms with Gasteiger partial charge in [-0.05, 0) is 29.5 Å². The number of benzene rings is 2. The molecule has 2 atom stereocenters. The zero-order valence-corrected chi connectivity index (χ0v) is 15.5. The van der Waals surface area contributed by atoms with E-state index in [1.165, 1.54) is 12.6 Å². The number of carboxylic acid groups (broad SMARTS) is 1. The molecule has 144 valence electrons. The molecule has 0 aliphatic rings. The Hall–Kier alpha value is -3.41. The van der Waals surface area contributed by atoms with Crippen molar-refractivity contribution in [2.75, 3.05) is 0 Å². The van der Waals surface area contributed by atoms with Gasteiger partial charge in [-0.1, -0.05) is 61.5 Å². The molecule has 1 heterocycles. The van der Waals surface area contributed by atoms with Crippen molar-refractivity contribution in [1.29, 1.82) is 0 Å². The van der Waals surface area contributed by atoms with E-state index in [0.717, 1.165) is 16.7 Å². The second-order valence-electron chi connectivity index (χ2n) is 6.78. The largest absolute Gasteiger partial charge is 0.481 e. The molecule has 2 aromatic carbocycles. The first kappa shape index (κ1) is 19.4. The summed E-state index contributed by atoms with van der Waals surface area (Å²) in [7, 11) is 0. The Morgan fingerprint density at radius 2 is 1.75 bits per heavy atom. The van der Waals surface area contributed by atoms with Crippen molar-refractivity contribution < 1.29 is 19.1 Å². The Morgan fingerprint density at radius 3 is 2.36 bits per heavy atom. The number of hydrogen-bond acceptors (Lipinski definition) is 4. The van der Waals surface area contributed by atoms with E-state index in [1.807, 2.05) is 54.6 Å². The molecule has 1 aromatic heterocycles. The smallest absolute Gasteiger partial charge is 0.306 e. The number of hydrogen-bond donors (Lipinski definition) is 2. The molecule has 6 heteroatoms. The van der Waals surface area contributed by atoms with Crippen molar-refractivity contribution in [2.24, 2.45) is 5.92 Å². The van der Waals surface area contributed by atoms with Gasteiger partial charge in [0.15, 0.2) is 6.39 Å². The van der Waals surface area contributed by atoms with Gasteiger partial charge >= 0.3 is 5.97 Å². The molecule has 1 amide bonds. The fraction of sp³-hybridized carbons (Fsp3) is 0.227. The van der Waals surface area contributed by atoms with Crippen LogP contribution >= 0.6 is 0 Å². The molecule has 3 rings (SSSR count). The van der Waals surface area contributed by atoms with Gasteiger partial charge < -0.3 is 14.8 Å². The first-order chi connectivity index (χ1) is 13.5. The molecule has 0 unspecified atom stereocenters. The molecule has 0 fully saturated rings. The first-order valence-corrected chi connectivity index (χ1v) is 9.09. The van der Waals surface area contributed by atoms with Crippen LogP contribution < -0.4 is 5.32 Å². The molecule has 3 aromatic rings. The van der Waals surface area contributed by atoms with Crippen LogP contribution in [0.3, 0.4) is 0 Å². The lowest BCUT2D eigenvalue weighted by molar-refractivity contribution is -0.141. The van der Waals surface area contributed by atoms with E-state index in [1.54, 1.807) is 6.92 Å². The van der Waals surface area contributed by atoms with Crippen molar-refractivity contribution in [1.82, 2.24) is 10.3 Å². The minimum absolute atomic E-state index is 0.104. The molecule has 28 heavy (non-hydrogen) atoms. The lowest BCUT2D eigenvalue weighted by atomic mass is 9.95. The maximum Gasteiger partial charge on any atom is 0.306 e. The van der Waals surface area contributed by atoms with Crippen LogP contribution in [-0.4, -0.2) is 28.0 Å². The lowest BCUT2D eigenvalue weighted by Gasteiger charge is -2.20. The van der Waals surface area contributed by atoms with Crippen LogP contribution in [0.15, 0.2) is 71.6 Å². The van der Waals surface area contributed by atoms with Gasteiger partial charge in [-0.25, -0.2) is 4.98 Å². The average molecular weight is 378 g/mol. The number of nitrogens with one attached hydrogen (secondary N) is 1. The highest BCUT2D eigenvalue weighted by Gasteiger charge is 2.22. The number of aromatic nitrogens is 1. The second-order valence-corrected chi connectivity index (χ2v) is 6.78. The number of carboxylic acids is 1. The highest BCUT2D eigenvalue weighted by molar-refractivity contribution is 5.91. The van der Waals surface area contributed by atoms with Gasteiger partial charge in [0.1, 0.15) is 0 Å². The average Bonchev–Trinajstić information content (AvgIpc) is 3.24. The Bertz CT molecular complexity index is 905. The quantitative estimate of drug-likeness (QED) is 0.622. The zero-order valence-electron chi connectivity index (χ0n) is 15.5. The van der Waals surface area contributed by atoms with Gasteiger partial charge in [0, 0.05) is 6.04 Å². The van der Waals surface area contributed by atoms with E-state index in [9.17, 15) is 14.7 Å². The standard InChI is InChI=1S/C22H22N2O4/c1-15(22(26)27)11-19(24-21(25)20-13-23-14-28-20)12-16-7-9-18(10-8-16)17-5-3-2-4-6-17/h2-10,13-15,19H,11-12H2,1H3,(H,24,25)(H,26,27)/t15-,19+/m1/s1. The van der Waals surface area contributed by atoms with Crippen molar-refractivity contribution in [3.63, 3.8) is 0 Å². The number of nitrogens with zero attached hydrogens (tertiary/aromatic N) is 1. The first-order valence-electron chi connectivity index (χ1n) is 9.09. The van der Waals surface area contributed by atoms with Crippen LogP contribution in [0.4, 0.5) is 0 Å². The van der Waals surface area contributed by atoms with Gasteiger partial charge in [-0.15, -0.1) is 0 Å². The van der Waals surface area contributed by atoms with Gasteiger partial charge in [0.25, 0.3) is 5.91 Å². The maximum atomic E-state index is 12.3. The molecule has 6 nitrogen and oxygen atoms in total. The molecule has 0 aliphatic heterocycles. The Labute approximate surface area is 163 Å². The fourth-order valence-electron chi connectivity index (χ4n) is 3.05. The van der Waals surface area contributed by atoms with E-state index in [2.05, 4.69) is 10.3 Å². The summed E-state index contributed by atoms with van der Waals surface area (Å²) in [5.41, 5.74) is 3.24. The number of carbonyl (C=O) groups excluding carboxylic acids is 1. The highest BCUT2D eigenvalue weighted by atomic mass is 16.4. The van der Waals surface area contributed by atoms with Gasteiger partial charge in [0.2, 0.25) is 5.76 Å². The molecule has 0 spiro atoms. The van der Waals surface area contributed by atoms with E-state index < -0.39 is 17.8 Å². The molecule has 0 saturated heterocycles. The lowest BCUT2D eigenvalue weighted by Crippen LogP contribution is -2.38. The van der Waals surface area contributed by atoms with Gasteiger partial charge in [-0.2, -0.15) is 0 Å². The molecule has 2 N–H and O–H groups in total. The molecule has 0 bridgehead atoms. The summed E-state index contributed by atoms with van der Waals surface area (Å²) < 4.78 is 5.02. The SMILES string of the molecule is C[C@H](C[C@@H](Cc1ccc(-c2ccccc2)cc1)NC(=O)c1cnco1)C(=O)O. The third-order valence-corrected chi connectivity index (χ3v) is 4.59. The Kier molecular flexibility index (Phi) is 6.22. The van der Waals surface area contributed by atoms with Crippen molar-refractivity contribution in [3.05, 3.63) is 78.5 Å². The minimum Gasteiger partial charge on any atom is -0.481 e. The summed E-state index contributed by atoms with van der Waals surface area (Å²) in [5, 5.41) is 12.1. The van der Waals surface area contributed by atoms with Crippen molar-refractivity contribution >= 4 is 11.9 Å². The molecule has 0 aliphatic carbocycles. The van der Waals surface area contributed by atoms with E-state index in [4.69, 9.17) is 4.42 Å².